The molecule has 2 aromatic carbocycles. The summed E-state index contributed by atoms with van der Waals surface area (Å²) in [5, 5.41) is 0. The van der Waals surface area contributed by atoms with Gasteiger partial charge in [-0.1, -0.05) is 51.0 Å². The minimum atomic E-state index is -0.332. The number of ether oxygens (including phenoxy) is 2. The molecule has 0 spiro atoms. The van der Waals surface area contributed by atoms with Crippen LogP contribution in [0.15, 0.2) is 48.5 Å². The minimum Gasteiger partial charge on any atom is -0.427 e. The van der Waals surface area contributed by atoms with E-state index in [-0.39, 0.29) is 11.9 Å². The van der Waals surface area contributed by atoms with Crippen molar-refractivity contribution in [3.8, 4) is 11.5 Å². The molecule has 2 aromatic rings. The first kappa shape index (κ1) is 21.4. The van der Waals surface area contributed by atoms with Crippen molar-refractivity contribution in [2.45, 2.75) is 53.4 Å². The Balaban J connectivity index is 2.58. The molecule has 0 bridgehead atoms. The lowest BCUT2D eigenvalue weighted by Crippen LogP contribution is -2.02. The molecular weight excluding hydrogens is 352 g/mol. The van der Waals surface area contributed by atoms with Crippen molar-refractivity contribution >= 4 is 23.1 Å². The van der Waals surface area contributed by atoms with Gasteiger partial charge in [-0.3, -0.25) is 9.59 Å². The molecule has 4 heteroatoms. The smallest absolute Gasteiger partial charge is 0.308 e. The highest BCUT2D eigenvalue weighted by molar-refractivity contribution is 5.91. The quantitative estimate of drug-likeness (QED) is 0.318. The predicted molar refractivity (Wildman–Crippen MR) is 112 cm³/mol. The van der Waals surface area contributed by atoms with E-state index >= 15 is 0 Å². The fraction of sp³-hybridized carbons (Fsp3) is 0.333. The first-order valence-corrected chi connectivity index (χ1v) is 9.74. The van der Waals surface area contributed by atoms with Crippen LogP contribution < -0.4 is 9.47 Å². The van der Waals surface area contributed by atoms with Gasteiger partial charge in [0.25, 0.3) is 0 Å². The highest BCUT2D eigenvalue weighted by Gasteiger charge is 2.13. The van der Waals surface area contributed by atoms with Gasteiger partial charge < -0.3 is 9.47 Å². The highest BCUT2D eigenvalue weighted by atomic mass is 16.5. The van der Waals surface area contributed by atoms with Gasteiger partial charge in [-0.05, 0) is 59.4 Å². The van der Waals surface area contributed by atoms with Crippen LogP contribution in [0.5, 0.6) is 11.5 Å². The Bertz CT molecular complexity index is 793. The Morgan fingerprint density at radius 3 is 1.43 bits per heavy atom. The van der Waals surface area contributed by atoms with Gasteiger partial charge in [0, 0.05) is 13.8 Å². The molecule has 0 fully saturated rings. The van der Waals surface area contributed by atoms with Crippen LogP contribution in [0.3, 0.4) is 0 Å². The maximum absolute atomic E-state index is 11.3. The summed E-state index contributed by atoms with van der Waals surface area (Å²) in [5.41, 5.74) is 4.53. The van der Waals surface area contributed by atoms with Crippen molar-refractivity contribution in [1.82, 2.24) is 0 Å². The van der Waals surface area contributed by atoms with Gasteiger partial charge in [-0.2, -0.15) is 0 Å². The first-order valence-electron chi connectivity index (χ1n) is 9.74. The summed E-state index contributed by atoms with van der Waals surface area (Å²) in [4.78, 5) is 22.7. The molecule has 0 N–H and O–H groups in total. The van der Waals surface area contributed by atoms with Gasteiger partial charge in [-0.15, -0.1) is 0 Å². The number of esters is 2. The summed E-state index contributed by atoms with van der Waals surface area (Å²) in [5.74, 6) is 0.424. The molecule has 0 aromatic heterocycles. The Labute approximate surface area is 167 Å². The lowest BCUT2D eigenvalue weighted by atomic mass is 9.89. The van der Waals surface area contributed by atoms with Crippen LogP contribution in [0.4, 0.5) is 0 Å². The summed E-state index contributed by atoms with van der Waals surface area (Å²) in [7, 11) is 0. The van der Waals surface area contributed by atoms with Crippen LogP contribution in [-0.4, -0.2) is 11.9 Å². The number of allylic oxidation sites excluding steroid dienone is 2. The zero-order chi connectivity index (χ0) is 20.5. The highest BCUT2D eigenvalue weighted by Crippen LogP contribution is 2.35. The van der Waals surface area contributed by atoms with Gasteiger partial charge in [-0.25, -0.2) is 0 Å². The van der Waals surface area contributed by atoms with Crippen molar-refractivity contribution in [3.05, 3.63) is 59.7 Å². The molecule has 0 aliphatic rings. The molecule has 0 saturated carbocycles. The standard InChI is InChI=1S/C24H28O4/c1-5-9-23(19-11-7-13-21(15-19)27-17(3)25)24(10-6-2)20-12-8-14-22(16-20)28-18(4)26/h7-8,11-16H,5-6,9-10H2,1-4H3/b24-23+. The van der Waals surface area contributed by atoms with E-state index in [2.05, 4.69) is 13.8 Å². The van der Waals surface area contributed by atoms with E-state index in [0.717, 1.165) is 36.8 Å². The van der Waals surface area contributed by atoms with Gasteiger partial charge in [0.15, 0.2) is 0 Å². The maximum atomic E-state index is 11.3. The Hall–Kier alpha value is -2.88. The van der Waals surface area contributed by atoms with E-state index in [4.69, 9.17) is 9.47 Å². The van der Waals surface area contributed by atoms with E-state index in [9.17, 15) is 9.59 Å². The van der Waals surface area contributed by atoms with Gasteiger partial charge >= 0.3 is 11.9 Å². The fourth-order valence-corrected chi connectivity index (χ4v) is 3.27. The monoisotopic (exact) mass is 380 g/mol. The zero-order valence-electron chi connectivity index (χ0n) is 17.1. The second-order valence-electron chi connectivity index (χ2n) is 6.70. The van der Waals surface area contributed by atoms with E-state index in [1.165, 1.54) is 25.0 Å². The summed E-state index contributed by atoms with van der Waals surface area (Å²) in [6.45, 7) is 7.10. The van der Waals surface area contributed by atoms with E-state index in [1.807, 2.05) is 36.4 Å². The number of hydrogen-bond acceptors (Lipinski definition) is 4. The molecule has 2 rings (SSSR count). The third-order valence-electron chi connectivity index (χ3n) is 4.25. The van der Waals surface area contributed by atoms with Crippen molar-refractivity contribution in [1.29, 1.82) is 0 Å². The Morgan fingerprint density at radius 2 is 1.11 bits per heavy atom. The largest absolute Gasteiger partial charge is 0.427 e. The normalized spacial score (nSPS) is 11.6. The average molecular weight is 380 g/mol. The third kappa shape index (κ3) is 6.08. The van der Waals surface area contributed by atoms with E-state index < -0.39 is 0 Å². The predicted octanol–water partition coefficient (Wildman–Crippen LogP) is 6.05. The van der Waals surface area contributed by atoms with Gasteiger partial charge in [0.1, 0.15) is 11.5 Å². The Kier molecular flexibility index (Phi) is 8.00. The van der Waals surface area contributed by atoms with Crippen LogP contribution in [0.2, 0.25) is 0 Å². The second-order valence-corrected chi connectivity index (χ2v) is 6.70. The number of carbonyl (C=O) groups excluding carboxylic acids is 2. The molecule has 0 atom stereocenters. The molecular formula is C24H28O4. The number of rotatable bonds is 8. The molecule has 0 heterocycles. The molecule has 0 amide bonds. The van der Waals surface area contributed by atoms with Crippen LogP contribution in [0.1, 0.15) is 64.5 Å². The van der Waals surface area contributed by atoms with Crippen LogP contribution >= 0.6 is 0 Å². The van der Waals surface area contributed by atoms with E-state index in [0.29, 0.717) is 11.5 Å². The lowest BCUT2D eigenvalue weighted by molar-refractivity contribution is -0.132. The first-order chi connectivity index (χ1) is 13.4. The minimum absolute atomic E-state index is 0.332. The molecule has 0 aliphatic carbocycles. The topological polar surface area (TPSA) is 52.6 Å². The number of carbonyl (C=O) groups is 2. The SMILES string of the molecule is CCC/C(=C(/CCC)c1cccc(OC(C)=O)c1)c1cccc(OC(C)=O)c1. The van der Waals surface area contributed by atoms with Crippen LogP contribution in [-0.2, 0) is 9.59 Å². The maximum Gasteiger partial charge on any atom is 0.308 e. The molecule has 0 aliphatic heterocycles. The fourth-order valence-electron chi connectivity index (χ4n) is 3.27. The summed E-state index contributed by atoms with van der Waals surface area (Å²) in [6.07, 6.45) is 3.78. The summed E-state index contributed by atoms with van der Waals surface area (Å²) in [6, 6.07) is 15.3. The van der Waals surface area contributed by atoms with Gasteiger partial charge in [0.05, 0.1) is 0 Å². The number of benzene rings is 2. The van der Waals surface area contributed by atoms with Gasteiger partial charge in [0.2, 0.25) is 0 Å². The second kappa shape index (κ2) is 10.5. The lowest BCUT2D eigenvalue weighted by Gasteiger charge is -2.17. The molecule has 0 unspecified atom stereocenters. The molecule has 0 saturated heterocycles. The van der Waals surface area contributed by atoms with Crippen LogP contribution in [0.25, 0.3) is 11.1 Å². The molecule has 28 heavy (non-hydrogen) atoms. The summed E-state index contributed by atoms with van der Waals surface area (Å²) < 4.78 is 10.5. The Morgan fingerprint density at radius 1 is 0.714 bits per heavy atom. The molecule has 0 radical (unpaired) electrons. The zero-order valence-corrected chi connectivity index (χ0v) is 17.1. The average Bonchev–Trinajstić information content (AvgIpc) is 2.64. The van der Waals surface area contributed by atoms with Crippen LogP contribution in [0, 0.1) is 0 Å². The molecule has 148 valence electrons. The van der Waals surface area contributed by atoms with Crippen molar-refractivity contribution in [2.24, 2.45) is 0 Å². The van der Waals surface area contributed by atoms with Crippen molar-refractivity contribution in [2.75, 3.05) is 0 Å². The van der Waals surface area contributed by atoms with Crippen molar-refractivity contribution < 1.29 is 19.1 Å². The summed E-state index contributed by atoms with van der Waals surface area (Å²) >= 11 is 0. The molecule has 4 nitrogen and oxygen atoms in total. The number of hydrogen-bond donors (Lipinski definition) is 0. The third-order valence-corrected chi connectivity index (χ3v) is 4.25. The van der Waals surface area contributed by atoms with Crippen molar-refractivity contribution in [3.63, 3.8) is 0 Å². The van der Waals surface area contributed by atoms with E-state index in [1.54, 1.807) is 12.1 Å².